The lowest BCUT2D eigenvalue weighted by molar-refractivity contribution is 0.162. The first-order valence-electron chi connectivity index (χ1n) is 4.77. The Bertz CT molecular complexity index is 319. The molecule has 0 saturated heterocycles. The normalized spacial score (nSPS) is 12.8. The number of aliphatic hydroxyl groups excluding tert-OH is 1. The second-order valence-electron chi connectivity index (χ2n) is 3.32. The molecule has 0 radical (unpaired) electrons. The summed E-state index contributed by atoms with van der Waals surface area (Å²) in [6.07, 6.45) is 2.82. The van der Waals surface area contributed by atoms with E-state index in [1.807, 2.05) is 6.26 Å². The summed E-state index contributed by atoms with van der Waals surface area (Å²) in [5.41, 5.74) is 0.380. The Morgan fingerprint density at radius 3 is 2.93 bits per heavy atom. The molecule has 0 aliphatic carbocycles. The van der Waals surface area contributed by atoms with Gasteiger partial charge in [-0.25, -0.2) is 4.39 Å². The van der Waals surface area contributed by atoms with Crippen LogP contribution in [0.3, 0.4) is 0 Å². The van der Waals surface area contributed by atoms with Crippen molar-refractivity contribution in [2.45, 2.75) is 18.9 Å². The maximum atomic E-state index is 13.3. The lowest BCUT2D eigenvalue weighted by Gasteiger charge is -2.11. The molecule has 1 aromatic rings. The number of halogens is 2. The van der Waals surface area contributed by atoms with Crippen molar-refractivity contribution in [3.05, 3.63) is 34.1 Å². The Morgan fingerprint density at radius 2 is 2.27 bits per heavy atom. The van der Waals surface area contributed by atoms with Crippen LogP contribution in [0.1, 0.15) is 24.5 Å². The molecular weight excluding hydrogens is 279 g/mol. The van der Waals surface area contributed by atoms with Gasteiger partial charge in [-0.3, -0.25) is 0 Å². The summed E-state index contributed by atoms with van der Waals surface area (Å²) in [5.74, 6) is 0.655. The van der Waals surface area contributed by atoms with Crippen molar-refractivity contribution in [2.75, 3.05) is 12.0 Å². The predicted octanol–water partition coefficient (Wildman–Crippen LogP) is 3.76. The molecule has 0 heterocycles. The predicted molar refractivity (Wildman–Crippen MR) is 66.7 cm³/mol. The molecule has 1 nitrogen and oxygen atoms in total. The van der Waals surface area contributed by atoms with E-state index in [2.05, 4.69) is 15.9 Å². The van der Waals surface area contributed by atoms with Gasteiger partial charge in [-0.15, -0.1) is 0 Å². The van der Waals surface area contributed by atoms with Crippen molar-refractivity contribution in [3.8, 4) is 0 Å². The zero-order valence-corrected chi connectivity index (χ0v) is 10.9. The fourth-order valence-corrected chi connectivity index (χ4v) is 2.18. The first-order valence-corrected chi connectivity index (χ1v) is 6.95. The highest BCUT2D eigenvalue weighted by molar-refractivity contribution is 9.10. The summed E-state index contributed by atoms with van der Waals surface area (Å²) < 4.78 is 14.1. The Labute approximate surface area is 102 Å². The quantitative estimate of drug-likeness (QED) is 0.834. The molecule has 0 amide bonds. The molecule has 1 N–H and O–H groups in total. The topological polar surface area (TPSA) is 20.2 Å². The van der Waals surface area contributed by atoms with Crippen molar-refractivity contribution in [1.82, 2.24) is 0 Å². The van der Waals surface area contributed by atoms with Crippen LogP contribution in [0.4, 0.5) is 4.39 Å². The second kappa shape index (κ2) is 6.51. The molecule has 0 aliphatic heterocycles. The zero-order valence-electron chi connectivity index (χ0n) is 8.54. The largest absolute Gasteiger partial charge is 0.388 e. The molecule has 1 atom stereocenters. The van der Waals surface area contributed by atoms with Gasteiger partial charge in [0.15, 0.2) is 0 Å². The third-order valence-electron chi connectivity index (χ3n) is 2.14. The smallest absolute Gasteiger partial charge is 0.129 e. The monoisotopic (exact) mass is 292 g/mol. The number of thioether (sulfide) groups is 1. The van der Waals surface area contributed by atoms with E-state index < -0.39 is 6.10 Å². The van der Waals surface area contributed by atoms with Gasteiger partial charge >= 0.3 is 0 Å². The van der Waals surface area contributed by atoms with Crippen molar-refractivity contribution in [3.63, 3.8) is 0 Å². The number of aliphatic hydroxyl groups is 1. The van der Waals surface area contributed by atoms with Crippen molar-refractivity contribution in [1.29, 1.82) is 0 Å². The average Bonchev–Trinajstić information content (AvgIpc) is 2.22. The van der Waals surface area contributed by atoms with Gasteiger partial charge in [0, 0.05) is 10.0 Å². The highest BCUT2D eigenvalue weighted by Gasteiger charge is 2.12. The van der Waals surface area contributed by atoms with Crippen LogP contribution in [-0.4, -0.2) is 17.1 Å². The van der Waals surface area contributed by atoms with Crippen LogP contribution in [0.2, 0.25) is 0 Å². The molecule has 0 aromatic heterocycles. The van der Waals surface area contributed by atoms with Crippen LogP contribution in [0.15, 0.2) is 22.7 Å². The highest BCUT2D eigenvalue weighted by atomic mass is 79.9. The SMILES string of the molecule is CSCCCC(O)c1cc(Br)ccc1F. The van der Waals surface area contributed by atoms with Gasteiger partial charge in [-0.05, 0) is 43.0 Å². The zero-order chi connectivity index (χ0) is 11.3. The van der Waals surface area contributed by atoms with Crippen LogP contribution in [-0.2, 0) is 0 Å². The van der Waals surface area contributed by atoms with Crippen LogP contribution in [0.5, 0.6) is 0 Å². The fraction of sp³-hybridized carbons (Fsp3) is 0.455. The minimum Gasteiger partial charge on any atom is -0.388 e. The van der Waals surface area contributed by atoms with E-state index in [0.717, 1.165) is 16.6 Å². The summed E-state index contributed by atoms with van der Waals surface area (Å²) in [6.45, 7) is 0. The molecule has 0 spiro atoms. The third-order valence-corrected chi connectivity index (χ3v) is 3.33. The molecule has 0 fully saturated rings. The van der Waals surface area contributed by atoms with E-state index in [1.54, 1.807) is 23.9 Å². The molecule has 4 heteroatoms. The van der Waals surface area contributed by atoms with Crippen LogP contribution in [0.25, 0.3) is 0 Å². The van der Waals surface area contributed by atoms with Gasteiger partial charge in [0.25, 0.3) is 0 Å². The Balaban J connectivity index is 2.64. The Hall–Kier alpha value is -0.0600. The summed E-state index contributed by atoms with van der Waals surface area (Å²) in [5, 5.41) is 9.78. The molecule has 1 unspecified atom stereocenters. The highest BCUT2D eigenvalue weighted by Crippen LogP contribution is 2.25. The standard InChI is InChI=1S/C11H14BrFOS/c1-15-6-2-3-11(14)9-7-8(12)4-5-10(9)13/h4-5,7,11,14H,2-3,6H2,1H3. The van der Waals surface area contributed by atoms with E-state index in [9.17, 15) is 9.50 Å². The van der Waals surface area contributed by atoms with Crippen LogP contribution < -0.4 is 0 Å². The van der Waals surface area contributed by atoms with Crippen molar-refractivity contribution >= 4 is 27.7 Å². The Kier molecular flexibility index (Phi) is 5.64. The van der Waals surface area contributed by atoms with Crippen LogP contribution in [0, 0.1) is 5.82 Å². The van der Waals surface area contributed by atoms with E-state index in [1.165, 1.54) is 6.07 Å². The van der Waals surface area contributed by atoms with Gasteiger partial charge < -0.3 is 5.11 Å². The van der Waals surface area contributed by atoms with Gasteiger partial charge in [-0.1, -0.05) is 15.9 Å². The van der Waals surface area contributed by atoms with E-state index in [4.69, 9.17) is 0 Å². The molecule has 84 valence electrons. The van der Waals surface area contributed by atoms with Crippen molar-refractivity contribution in [2.24, 2.45) is 0 Å². The number of benzene rings is 1. The number of hydrogen-bond acceptors (Lipinski definition) is 2. The van der Waals surface area contributed by atoms with Crippen molar-refractivity contribution < 1.29 is 9.50 Å². The first-order chi connectivity index (χ1) is 7.15. The second-order valence-corrected chi connectivity index (χ2v) is 5.22. The lowest BCUT2D eigenvalue weighted by atomic mass is 10.1. The maximum absolute atomic E-state index is 13.3. The Morgan fingerprint density at radius 1 is 1.53 bits per heavy atom. The van der Waals surface area contributed by atoms with E-state index in [0.29, 0.717) is 12.0 Å². The third kappa shape index (κ3) is 4.13. The minimum atomic E-state index is -0.699. The molecule has 0 aliphatic rings. The van der Waals surface area contributed by atoms with Gasteiger partial charge in [-0.2, -0.15) is 11.8 Å². The minimum absolute atomic E-state index is 0.338. The summed E-state index contributed by atoms with van der Waals surface area (Å²) in [7, 11) is 0. The molecule has 0 saturated carbocycles. The van der Waals surface area contributed by atoms with Gasteiger partial charge in [0.2, 0.25) is 0 Å². The molecule has 1 rings (SSSR count). The molecule has 0 bridgehead atoms. The van der Waals surface area contributed by atoms with Gasteiger partial charge in [0.1, 0.15) is 5.82 Å². The van der Waals surface area contributed by atoms with E-state index >= 15 is 0 Å². The lowest BCUT2D eigenvalue weighted by Crippen LogP contribution is -2.01. The summed E-state index contributed by atoms with van der Waals surface area (Å²) in [6, 6.07) is 4.64. The van der Waals surface area contributed by atoms with Gasteiger partial charge in [0.05, 0.1) is 6.10 Å². The maximum Gasteiger partial charge on any atom is 0.129 e. The fourth-order valence-electron chi connectivity index (χ4n) is 1.35. The number of hydrogen-bond donors (Lipinski definition) is 1. The molecule has 1 aromatic carbocycles. The molecular formula is C11H14BrFOS. The average molecular weight is 293 g/mol. The van der Waals surface area contributed by atoms with Crippen LogP contribution >= 0.6 is 27.7 Å². The molecule has 15 heavy (non-hydrogen) atoms. The first kappa shape index (κ1) is 13.0. The summed E-state index contributed by atoms with van der Waals surface area (Å²) >= 11 is 5.00. The summed E-state index contributed by atoms with van der Waals surface area (Å²) in [4.78, 5) is 0. The number of rotatable bonds is 5. The van der Waals surface area contributed by atoms with E-state index in [-0.39, 0.29) is 5.82 Å².